The van der Waals surface area contributed by atoms with Gasteiger partial charge >= 0.3 is 0 Å². The zero-order valence-corrected chi connectivity index (χ0v) is 13.9. The minimum absolute atomic E-state index is 0.154. The molecule has 4 aromatic rings. The van der Waals surface area contributed by atoms with Gasteiger partial charge in [0.1, 0.15) is 11.6 Å². The summed E-state index contributed by atoms with van der Waals surface area (Å²) in [6.45, 7) is 0. The molecular formula is C21H15N5. The Morgan fingerprint density at radius 2 is 1.12 bits per heavy atom. The van der Waals surface area contributed by atoms with Crippen molar-refractivity contribution < 1.29 is 0 Å². The number of rotatable bonds is 4. The Bertz CT molecular complexity index is 937. The maximum atomic E-state index is 9.60. The van der Waals surface area contributed by atoms with E-state index in [1.54, 1.807) is 4.68 Å². The summed E-state index contributed by atoms with van der Waals surface area (Å²) in [5.41, 5.74) is 2.07. The zero-order chi connectivity index (χ0) is 17.8. The fourth-order valence-electron chi connectivity index (χ4n) is 3.39. The number of hydrogen-bond acceptors (Lipinski definition) is 4. The number of tetrazole rings is 1. The molecule has 0 radical (unpaired) electrons. The summed E-state index contributed by atoms with van der Waals surface area (Å²) in [6.07, 6.45) is 0. The lowest BCUT2D eigenvalue weighted by atomic mass is 9.77. The molecule has 0 atom stereocenters. The second-order valence-electron chi connectivity index (χ2n) is 5.83. The number of hydrogen-bond donors (Lipinski definition) is 0. The van der Waals surface area contributed by atoms with Gasteiger partial charge in [0.25, 0.3) is 5.82 Å². The van der Waals surface area contributed by atoms with E-state index in [1.165, 1.54) is 0 Å². The third-order valence-corrected chi connectivity index (χ3v) is 4.46. The Hall–Kier alpha value is -3.78. The van der Waals surface area contributed by atoms with Gasteiger partial charge in [-0.3, -0.25) is 0 Å². The van der Waals surface area contributed by atoms with Crippen molar-refractivity contribution in [1.82, 2.24) is 20.2 Å². The first-order valence-corrected chi connectivity index (χ1v) is 8.23. The highest BCUT2D eigenvalue weighted by atomic mass is 15.6. The first-order chi connectivity index (χ1) is 12.9. The van der Waals surface area contributed by atoms with E-state index in [4.69, 9.17) is 0 Å². The molecular weight excluding hydrogens is 322 g/mol. The van der Waals surface area contributed by atoms with E-state index in [0.29, 0.717) is 0 Å². The van der Waals surface area contributed by atoms with Crippen LogP contribution in [0.1, 0.15) is 22.5 Å². The summed E-state index contributed by atoms with van der Waals surface area (Å²) in [5.74, 6) is 0.154. The van der Waals surface area contributed by atoms with Gasteiger partial charge in [-0.1, -0.05) is 96.1 Å². The van der Waals surface area contributed by atoms with Crippen LogP contribution in [-0.4, -0.2) is 20.2 Å². The largest absolute Gasteiger partial charge is 0.254 e. The summed E-state index contributed by atoms with van der Waals surface area (Å²) in [4.78, 5) is 0. The SMILES string of the molecule is N#Cc1nnnn1C(c1ccccc1)(c1ccccc1)c1ccccc1. The van der Waals surface area contributed by atoms with Crippen molar-refractivity contribution in [1.29, 1.82) is 5.26 Å². The molecule has 3 aromatic carbocycles. The number of nitriles is 1. The Morgan fingerprint density at radius 1 is 0.692 bits per heavy atom. The normalized spacial score (nSPS) is 11.0. The van der Waals surface area contributed by atoms with Crippen LogP contribution in [0.5, 0.6) is 0 Å². The molecule has 0 saturated heterocycles. The van der Waals surface area contributed by atoms with Crippen LogP contribution in [0.15, 0.2) is 91.0 Å². The Kier molecular flexibility index (Phi) is 4.00. The van der Waals surface area contributed by atoms with Crippen molar-refractivity contribution in [3.8, 4) is 6.07 Å². The van der Waals surface area contributed by atoms with Crippen LogP contribution in [0.3, 0.4) is 0 Å². The average Bonchev–Trinajstić information content (AvgIpc) is 3.20. The molecule has 0 bridgehead atoms. The monoisotopic (exact) mass is 337 g/mol. The third kappa shape index (κ3) is 2.36. The predicted octanol–water partition coefficient (Wildman–Crippen LogP) is 3.38. The first kappa shape index (κ1) is 15.7. The molecule has 0 unspecified atom stereocenters. The molecule has 1 aromatic heterocycles. The van der Waals surface area contributed by atoms with Crippen molar-refractivity contribution in [3.05, 3.63) is 114 Å². The van der Waals surface area contributed by atoms with Gasteiger partial charge in [0, 0.05) is 0 Å². The fraction of sp³-hybridized carbons (Fsp3) is 0.0476. The zero-order valence-electron chi connectivity index (χ0n) is 13.9. The van der Waals surface area contributed by atoms with E-state index < -0.39 is 5.54 Å². The van der Waals surface area contributed by atoms with Crippen molar-refractivity contribution in [2.75, 3.05) is 0 Å². The van der Waals surface area contributed by atoms with Crippen molar-refractivity contribution in [2.45, 2.75) is 5.54 Å². The summed E-state index contributed by atoms with van der Waals surface area (Å²) in [6, 6.07) is 32.1. The van der Waals surface area contributed by atoms with Gasteiger partial charge in [-0.15, -0.1) is 0 Å². The molecule has 5 nitrogen and oxygen atoms in total. The lowest BCUT2D eigenvalue weighted by Gasteiger charge is -2.35. The Morgan fingerprint density at radius 3 is 1.50 bits per heavy atom. The first-order valence-electron chi connectivity index (χ1n) is 8.23. The lowest BCUT2D eigenvalue weighted by molar-refractivity contribution is 0.442. The fourth-order valence-corrected chi connectivity index (χ4v) is 3.39. The van der Waals surface area contributed by atoms with Gasteiger partial charge in [-0.05, 0) is 27.1 Å². The number of nitrogens with zero attached hydrogens (tertiary/aromatic N) is 5. The van der Waals surface area contributed by atoms with Gasteiger partial charge < -0.3 is 0 Å². The smallest absolute Gasteiger partial charge is 0.197 e. The standard InChI is InChI=1S/C21H15N5/c22-16-20-23-24-25-26(20)21(17-10-4-1-5-11-17,18-12-6-2-7-13-18)19-14-8-3-9-15-19/h1-15H. The lowest BCUT2D eigenvalue weighted by Crippen LogP contribution is -2.39. The summed E-state index contributed by atoms with van der Waals surface area (Å²) in [7, 11) is 0. The van der Waals surface area contributed by atoms with Crippen LogP contribution in [0, 0.1) is 11.3 Å². The third-order valence-electron chi connectivity index (χ3n) is 4.46. The Balaban J connectivity index is 2.17. The summed E-state index contributed by atoms with van der Waals surface area (Å²) >= 11 is 0. The number of benzene rings is 3. The van der Waals surface area contributed by atoms with E-state index in [0.717, 1.165) is 16.7 Å². The summed E-state index contributed by atoms with van der Waals surface area (Å²) < 4.78 is 1.60. The van der Waals surface area contributed by atoms with E-state index in [2.05, 4.69) is 21.6 Å². The molecule has 0 fully saturated rings. The van der Waals surface area contributed by atoms with E-state index in [1.807, 2.05) is 91.0 Å². The van der Waals surface area contributed by atoms with Gasteiger partial charge in [0.15, 0.2) is 0 Å². The van der Waals surface area contributed by atoms with Crippen molar-refractivity contribution in [2.24, 2.45) is 0 Å². The van der Waals surface area contributed by atoms with Crippen LogP contribution in [0.4, 0.5) is 0 Å². The van der Waals surface area contributed by atoms with E-state index in [-0.39, 0.29) is 5.82 Å². The van der Waals surface area contributed by atoms with Crippen molar-refractivity contribution in [3.63, 3.8) is 0 Å². The Labute approximate surface area is 151 Å². The number of aromatic nitrogens is 4. The highest BCUT2D eigenvalue weighted by Gasteiger charge is 2.41. The quantitative estimate of drug-likeness (QED) is 0.535. The molecule has 26 heavy (non-hydrogen) atoms. The highest BCUT2D eigenvalue weighted by molar-refractivity contribution is 5.50. The van der Waals surface area contributed by atoms with Crippen LogP contribution < -0.4 is 0 Å². The molecule has 0 amide bonds. The molecule has 0 saturated carbocycles. The molecule has 0 aliphatic carbocycles. The van der Waals surface area contributed by atoms with Crippen LogP contribution in [-0.2, 0) is 5.54 Å². The molecule has 0 spiro atoms. The maximum Gasteiger partial charge on any atom is 0.254 e. The second kappa shape index (κ2) is 6.61. The topological polar surface area (TPSA) is 67.4 Å². The van der Waals surface area contributed by atoms with E-state index >= 15 is 0 Å². The van der Waals surface area contributed by atoms with Crippen LogP contribution in [0.25, 0.3) is 0 Å². The molecule has 0 aliphatic heterocycles. The molecule has 4 rings (SSSR count). The predicted molar refractivity (Wildman–Crippen MR) is 97.1 cm³/mol. The highest BCUT2D eigenvalue weighted by Crippen LogP contribution is 2.40. The maximum absolute atomic E-state index is 9.60. The van der Waals surface area contributed by atoms with Crippen LogP contribution in [0.2, 0.25) is 0 Å². The van der Waals surface area contributed by atoms with Gasteiger partial charge in [-0.25, -0.2) is 0 Å². The van der Waals surface area contributed by atoms with Crippen LogP contribution >= 0.6 is 0 Å². The second-order valence-corrected chi connectivity index (χ2v) is 5.83. The molecule has 1 heterocycles. The van der Waals surface area contributed by atoms with Gasteiger partial charge in [0.2, 0.25) is 0 Å². The minimum atomic E-state index is -0.849. The molecule has 124 valence electrons. The van der Waals surface area contributed by atoms with Gasteiger partial charge in [-0.2, -0.15) is 9.94 Å². The summed E-state index contributed by atoms with van der Waals surface area (Å²) in [5, 5.41) is 21.5. The average molecular weight is 337 g/mol. The minimum Gasteiger partial charge on any atom is -0.197 e. The van der Waals surface area contributed by atoms with Gasteiger partial charge in [0.05, 0.1) is 0 Å². The van der Waals surface area contributed by atoms with Crippen molar-refractivity contribution >= 4 is 0 Å². The van der Waals surface area contributed by atoms with E-state index in [9.17, 15) is 5.26 Å². The molecule has 0 aliphatic rings. The molecule has 0 N–H and O–H groups in total. The molecule has 5 heteroatoms.